The normalized spacial score (nSPS) is 15.8. The van der Waals surface area contributed by atoms with E-state index in [0.29, 0.717) is 17.0 Å². The molecule has 0 aromatic heterocycles. The lowest BCUT2D eigenvalue weighted by Gasteiger charge is -2.34. The highest BCUT2D eigenvalue weighted by Crippen LogP contribution is 2.35. The average Bonchev–Trinajstić information content (AvgIpc) is 2.65. The van der Waals surface area contributed by atoms with Crippen LogP contribution in [0.4, 0.5) is 5.69 Å². The van der Waals surface area contributed by atoms with E-state index in [1.54, 1.807) is 41.3 Å². The number of nitrogens with zero attached hydrogens (tertiary/aromatic N) is 2. The third kappa shape index (κ3) is 3.45. The van der Waals surface area contributed by atoms with E-state index >= 15 is 0 Å². The zero-order chi connectivity index (χ0) is 17.8. The van der Waals surface area contributed by atoms with Crippen LogP contribution in [0.5, 0.6) is 5.75 Å². The number of carbonyl (C=O) groups excluding carboxylic acids is 2. The van der Waals surface area contributed by atoms with Crippen molar-refractivity contribution in [2.24, 2.45) is 0 Å². The molecule has 1 aliphatic heterocycles. The fourth-order valence-corrected chi connectivity index (χ4v) is 2.72. The number of ether oxygens (including phenoxy) is 2. The van der Waals surface area contributed by atoms with Crippen molar-refractivity contribution >= 4 is 17.6 Å². The van der Waals surface area contributed by atoms with Crippen molar-refractivity contribution in [2.45, 2.75) is 19.1 Å². The molecule has 126 valence electrons. The minimum Gasteiger partial charge on any atom is -0.478 e. The molecule has 0 saturated carbocycles. The molecule has 1 unspecified atom stereocenters. The first-order chi connectivity index (χ1) is 12.1. The van der Waals surface area contributed by atoms with Gasteiger partial charge in [0.25, 0.3) is 5.91 Å². The van der Waals surface area contributed by atoms with Crippen molar-refractivity contribution in [1.29, 1.82) is 5.26 Å². The lowest BCUT2D eigenvalue weighted by molar-refractivity contribution is -0.145. The molecule has 3 rings (SSSR count). The summed E-state index contributed by atoms with van der Waals surface area (Å²) >= 11 is 0. The predicted octanol–water partition coefficient (Wildman–Crippen LogP) is 2.42. The quantitative estimate of drug-likeness (QED) is 0.801. The number of esters is 1. The van der Waals surface area contributed by atoms with Crippen LogP contribution in [0.1, 0.15) is 17.5 Å². The molecular weight excluding hydrogens is 320 g/mol. The minimum atomic E-state index is -0.929. The van der Waals surface area contributed by atoms with Crippen LogP contribution in [0.25, 0.3) is 0 Å². The smallest absolute Gasteiger partial charge is 0.309 e. The van der Waals surface area contributed by atoms with Gasteiger partial charge in [-0.2, -0.15) is 5.26 Å². The van der Waals surface area contributed by atoms with Gasteiger partial charge < -0.3 is 14.4 Å². The van der Waals surface area contributed by atoms with E-state index in [2.05, 4.69) is 10.8 Å². The highest BCUT2D eigenvalue weighted by molar-refractivity contribution is 6.01. The van der Waals surface area contributed by atoms with Crippen LogP contribution >= 0.6 is 0 Å². The van der Waals surface area contributed by atoms with Crippen LogP contribution in [0.15, 0.2) is 48.5 Å². The molecule has 1 aliphatic rings. The Morgan fingerprint density at radius 1 is 1.28 bits per heavy atom. The van der Waals surface area contributed by atoms with Gasteiger partial charge >= 0.3 is 5.97 Å². The first-order valence-corrected chi connectivity index (χ1v) is 7.75. The minimum absolute atomic E-state index is 0.154. The van der Waals surface area contributed by atoms with E-state index in [4.69, 9.17) is 10.00 Å². The number of benzene rings is 2. The highest BCUT2D eigenvalue weighted by atomic mass is 16.5. The third-order valence-electron chi connectivity index (χ3n) is 3.94. The summed E-state index contributed by atoms with van der Waals surface area (Å²) in [5.74, 6) is -0.289. The van der Waals surface area contributed by atoms with Gasteiger partial charge in [-0.3, -0.25) is 9.59 Å². The fraction of sp³-hybridized carbons (Fsp3) is 0.211. The van der Waals surface area contributed by atoms with Crippen LogP contribution in [0.2, 0.25) is 0 Å². The Bertz CT molecular complexity index is 856. The summed E-state index contributed by atoms with van der Waals surface area (Å²) < 4.78 is 10.3. The molecule has 0 saturated heterocycles. The van der Waals surface area contributed by atoms with Gasteiger partial charge in [0.2, 0.25) is 0 Å². The van der Waals surface area contributed by atoms with E-state index < -0.39 is 12.1 Å². The molecule has 25 heavy (non-hydrogen) atoms. The SMILES string of the molecule is COC(=O)CC1Oc2ccccc2N(Cc2cccc(C#N)c2)C1=O. The molecule has 2 aromatic rings. The second-order valence-electron chi connectivity index (χ2n) is 5.59. The summed E-state index contributed by atoms with van der Waals surface area (Å²) in [4.78, 5) is 26.0. The van der Waals surface area contributed by atoms with Crippen molar-refractivity contribution in [2.75, 3.05) is 12.0 Å². The number of carbonyl (C=O) groups is 2. The lowest BCUT2D eigenvalue weighted by atomic mass is 10.1. The fourth-order valence-electron chi connectivity index (χ4n) is 2.72. The number of methoxy groups -OCH3 is 1. The van der Waals surface area contributed by atoms with Crippen molar-refractivity contribution < 1.29 is 19.1 Å². The topological polar surface area (TPSA) is 79.6 Å². The molecule has 0 radical (unpaired) electrons. The zero-order valence-corrected chi connectivity index (χ0v) is 13.6. The maximum atomic E-state index is 12.8. The Morgan fingerprint density at radius 3 is 2.84 bits per heavy atom. The molecule has 0 aliphatic carbocycles. The van der Waals surface area contributed by atoms with Crippen LogP contribution < -0.4 is 9.64 Å². The number of hydrogen-bond donors (Lipinski definition) is 0. The van der Waals surface area contributed by atoms with E-state index in [-0.39, 0.29) is 18.9 Å². The molecule has 2 aromatic carbocycles. The summed E-state index contributed by atoms with van der Waals surface area (Å²) in [6, 6.07) is 16.3. The molecular formula is C19H16N2O4. The van der Waals surface area contributed by atoms with Gasteiger partial charge in [-0.1, -0.05) is 24.3 Å². The number of anilines is 1. The number of para-hydroxylation sites is 2. The number of amides is 1. The molecule has 1 atom stereocenters. The summed E-state index contributed by atoms with van der Waals surface area (Å²) in [5.41, 5.74) is 1.98. The van der Waals surface area contributed by atoms with Gasteiger partial charge in [-0.25, -0.2) is 0 Å². The zero-order valence-electron chi connectivity index (χ0n) is 13.6. The van der Waals surface area contributed by atoms with E-state index in [0.717, 1.165) is 5.56 Å². The Labute approximate surface area is 145 Å². The maximum Gasteiger partial charge on any atom is 0.309 e. The molecule has 6 nitrogen and oxygen atoms in total. The van der Waals surface area contributed by atoms with Crippen LogP contribution in [0.3, 0.4) is 0 Å². The Morgan fingerprint density at radius 2 is 2.08 bits per heavy atom. The van der Waals surface area contributed by atoms with Crippen molar-refractivity contribution in [3.05, 3.63) is 59.7 Å². The van der Waals surface area contributed by atoms with Crippen molar-refractivity contribution in [3.63, 3.8) is 0 Å². The molecule has 1 heterocycles. The van der Waals surface area contributed by atoms with Gasteiger partial charge in [0.15, 0.2) is 6.10 Å². The molecule has 0 fully saturated rings. The molecule has 0 bridgehead atoms. The Balaban J connectivity index is 1.93. The van der Waals surface area contributed by atoms with Gasteiger partial charge in [0.1, 0.15) is 5.75 Å². The first kappa shape index (κ1) is 16.5. The first-order valence-electron chi connectivity index (χ1n) is 7.75. The van der Waals surface area contributed by atoms with Gasteiger partial charge in [-0.15, -0.1) is 0 Å². The number of rotatable bonds is 4. The van der Waals surface area contributed by atoms with Crippen LogP contribution in [0, 0.1) is 11.3 Å². The van der Waals surface area contributed by atoms with Crippen LogP contribution in [-0.4, -0.2) is 25.1 Å². The summed E-state index contributed by atoms with van der Waals surface area (Å²) in [6.07, 6.45) is -1.08. The molecule has 0 N–H and O–H groups in total. The summed E-state index contributed by atoms with van der Waals surface area (Å²) in [5, 5.41) is 9.04. The maximum absolute atomic E-state index is 12.8. The summed E-state index contributed by atoms with van der Waals surface area (Å²) in [6.45, 7) is 0.284. The largest absolute Gasteiger partial charge is 0.478 e. The van der Waals surface area contributed by atoms with E-state index in [9.17, 15) is 9.59 Å². The Hall–Kier alpha value is -3.33. The van der Waals surface area contributed by atoms with Gasteiger partial charge in [-0.05, 0) is 29.8 Å². The monoisotopic (exact) mass is 336 g/mol. The predicted molar refractivity (Wildman–Crippen MR) is 89.8 cm³/mol. The Kier molecular flexibility index (Phi) is 4.66. The number of hydrogen-bond acceptors (Lipinski definition) is 5. The van der Waals surface area contributed by atoms with Crippen molar-refractivity contribution in [3.8, 4) is 11.8 Å². The summed E-state index contributed by atoms with van der Waals surface area (Å²) in [7, 11) is 1.27. The van der Waals surface area contributed by atoms with E-state index in [1.165, 1.54) is 7.11 Å². The molecule has 0 spiro atoms. The second-order valence-corrected chi connectivity index (χ2v) is 5.59. The van der Waals surface area contributed by atoms with E-state index in [1.807, 2.05) is 12.1 Å². The molecule has 1 amide bonds. The van der Waals surface area contributed by atoms with Crippen LogP contribution in [-0.2, 0) is 20.9 Å². The van der Waals surface area contributed by atoms with Gasteiger partial charge in [0.05, 0.1) is 37.4 Å². The van der Waals surface area contributed by atoms with Gasteiger partial charge in [0, 0.05) is 0 Å². The second kappa shape index (κ2) is 7.05. The highest BCUT2D eigenvalue weighted by Gasteiger charge is 2.35. The number of fused-ring (bicyclic) bond motifs is 1. The third-order valence-corrected chi connectivity index (χ3v) is 3.94. The number of nitriles is 1. The average molecular weight is 336 g/mol. The lowest BCUT2D eigenvalue weighted by Crippen LogP contribution is -2.46. The molecule has 6 heteroatoms. The standard InChI is InChI=1S/C19H16N2O4/c1-24-18(22)10-17-19(23)21(15-7-2-3-8-16(15)25-17)12-14-6-4-5-13(9-14)11-20/h2-9,17H,10,12H2,1H3. The van der Waals surface area contributed by atoms with Crippen molar-refractivity contribution in [1.82, 2.24) is 0 Å².